The summed E-state index contributed by atoms with van der Waals surface area (Å²) in [4.78, 5) is 0.446. The van der Waals surface area contributed by atoms with Crippen LogP contribution in [-0.4, -0.2) is 11.5 Å². The van der Waals surface area contributed by atoms with Crippen LogP contribution in [0.15, 0.2) is 18.2 Å². The molecule has 1 aromatic rings. The fourth-order valence-electron chi connectivity index (χ4n) is 1.33. The average molecular weight is 222 g/mol. The van der Waals surface area contributed by atoms with Crippen molar-refractivity contribution >= 4 is 22.9 Å². The molecule has 0 radical (unpaired) electrons. The van der Waals surface area contributed by atoms with Gasteiger partial charge in [-0.1, -0.05) is 32.1 Å². The lowest BCUT2D eigenvalue weighted by molar-refractivity contribution is 0.689. The van der Waals surface area contributed by atoms with E-state index in [2.05, 4.69) is 32.2 Å². The second-order valence-corrected chi connectivity index (χ2v) is 4.63. The van der Waals surface area contributed by atoms with E-state index in [1.807, 2.05) is 12.1 Å². The van der Waals surface area contributed by atoms with Gasteiger partial charge in [0.1, 0.15) is 4.99 Å². The molecule has 0 saturated carbocycles. The van der Waals surface area contributed by atoms with Crippen LogP contribution in [0.2, 0.25) is 0 Å². The maximum atomic E-state index is 5.66. The minimum atomic E-state index is 0.446. The Labute approximate surface area is 96.9 Å². The fourth-order valence-corrected chi connectivity index (χ4v) is 1.51. The highest BCUT2D eigenvalue weighted by atomic mass is 32.1. The number of hydrogen-bond acceptors (Lipinski definition) is 2. The van der Waals surface area contributed by atoms with E-state index in [0.29, 0.717) is 10.9 Å². The maximum Gasteiger partial charge on any atom is 0.106 e. The van der Waals surface area contributed by atoms with Crippen molar-refractivity contribution in [3.63, 3.8) is 0 Å². The summed E-state index contributed by atoms with van der Waals surface area (Å²) >= 11 is 5.01. The summed E-state index contributed by atoms with van der Waals surface area (Å²) in [5.74, 6) is 0.602. The first kappa shape index (κ1) is 12.0. The van der Waals surface area contributed by atoms with Gasteiger partial charge in [-0.05, 0) is 30.5 Å². The Kier molecular flexibility index (Phi) is 4.09. The second kappa shape index (κ2) is 5.12. The zero-order valence-electron chi connectivity index (χ0n) is 9.50. The Morgan fingerprint density at radius 3 is 2.67 bits per heavy atom. The molecule has 0 spiro atoms. The van der Waals surface area contributed by atoms with Gasteiger partial charge in [-0.3, -0.25) is 0 Å². The number of nitrogens with two attached hydrogens (primary N) is 1. The van der Waals surface area contributed by atoms with Crippen molar-refractivity contribution in [1.29, 1.82) is 0 Å². The normalized spacial score (nSPS) is 10.4. The molecule has 1 rings (SSSR count). The number of anilines is 1. The Balaban J connectivity index is 2.92. The quantitative estimate of drug-likeness (QED) is 0.769. The van der Waals surface area contributed by atoms with Gasteiger partial charge < -0.3 is 11.1 Å². The number of rotatable bonds is 4. The number of nitrogens with one attached hydrogen (secondary N) is 1. The maximum absolute atomic E-state index is 5.66. The predicted octanol–water partition coefficient (Wildman–Crippen LogP) is 2.70. The number of thiocarbonyl (C=S) groups is 1. The minimum absolute atomic E-state index is 0.446. The smallest absolute Gasteiger partial charge is 0.106 e. The third-order valence-electron chi connectivity index (χ3n) is 2.14. The number of benzene rings is 1. The van der Waals surface area contributed by atoms with Crippen LogP contribution in [0.1, 0.15) is 25.0 Å². The van der Waals surface area contributed by atoms with Gasteiger partial charge in [0.25, 0.3) is 0 Å². The van der Waals surface area contributed by atoms with E-state index in [4.69, 9.17) is 18.0 Å². The van der Waals surface area contributed by atoms with Crippen LogP contribution in [0.5, 0.6) is 0 Å². The third kappa shape index (κ3) is 3.51. The van der Waals surface area contributed by atoms with Crippen LogP contribution < -0.4 is 11.1 Å². The molecule has 0 aliphatic heterocycles. The third-order valence-corrected chi connectivity index (χ3v) is 2.36. The lowest BCUT2D eigenvalue weighted by Crippen LogP contribution is -2.15. The first-order chi connectivity index (χ1) is 7.00. The topological polar surface area (TPSA) is 38.0 Å². The van der Waals surface area contributed by atoms with Crippen molar-refractivity contribution in [2.24, 2.45) is 11.7 Å². The molecule has 0 aliphatic carbocycles. The van der Waals surface area contributed by atoms with E-state index in [0.717, 1.165) is 17.8 Å². The Hall–Kier alpha value is -1.09. The molecule has 0 aromatic heterocycles. The van der Waals surface area contributed by atoms with Gasteiger partial charge in [0.05, 0.1) is 0 Å². The van der Waals surface area contributed by atoms with Crippen LogP contribution in [0.3, 0.4) is 0 Å². The molecule has 0 atom stereocenters. The second-order valence-electron chi connectivity index (χ2n) is 4.19. The van der Waals surface area contributed by atoms with E-state index < -0.39 is 0 Å². The lowest BCUT2D eigenvalue weighted by atomic mass is 10.1. The molecule has 15 heavy (non-hydrogen) atoms. The van der Waals surface area contributed by atoms with E-state index in [-0.39, 0.29) is 0 Å². The van der Waals surface area contributed by atoms with Gasteiger partial charge in [-0.25, -0.2) is 0 Å². The molecule has 0 fully saturated rings. The van der Waals surface area contributed by atoms with Crippen molar-refractivity contribution in [3.8, 4) is 0 Å². The summed E-state index contributed by atoms with van der Waals surface area (Å²) in [5.41, 5.74) is 8.84. The zero-order chi connectivity index (χ0) is 11.4. The first-order valence-corrected chi connectivity index (χ1v) is 5.56. The molecular weight excluding hydrogens is 204 g/mol. The molecule has 0 amide bonds. The molecule has 2 nitrogen and oxygen atoms in total. The van der Waals surface area contributed by atoms with E-state index in [1.54, 1.807) is 0 Å². The summed E-state index contributed by atoms with van der Waals surface area (Å²) in [6, 6.07) is 6.08. The van der Waals surface area contributed by atoms with E-state index in [9.17, 15) is 0 Å². The van der Waals surface area contributed by atoms with Crippen LogP contribution in [0.4, 0.5) is 5.69 Å². The molecular formula is C12H18N2S. The van der Waals surface area contributed by atoms with Crippen molar-refractivity contribution in [1.82, 2.24) is 0 Å². The largest absolute Gasteiger partial charge is 0.389 e. The number of hydrogen-bond donors (Lipinski definition) is 2. The van der Waals surface area contributed by atoms with Gasteiger partial charge in [-0.15, -0.1) is 0 Å². The lowest BCUT2D eigenvalue weighted by Gasteiger charge is -2.13. The molecule has 0 saturated heterocycles. The highest BCUT2D eigenvalue weighted by Gasteiger charge is 2.05. The van der Waals surface area contributed by atoms with Gasteiger partial charge in [0.2, 0.25) is 0 Å². The SMILES string of the molecule is Cc1ccc(C(N)=S)c(NCC(C)C)c1. The predicted molar refractivity (Wildman–Crippen MR) is 70.4 cm³/mol. The first-order valence-electron chi connectivity index (χ1n) is 5.15. The van der Waals surface area contributed by atoms with Crippen LogP contribution in [-0.2, 0) is 0 Å². The molecule has 82 valence electrons. The zero-order valence-corrected chi connectivity index (χ0v) is 10.3. The van der Waals surface area contributed by atoms with Crippen LogP contribution in [0, 0.1) is 12.8 Å². The summed E-state index contributed by atoms with van der Waals surface area (Å²) in [7, 11) is 0. The summed E-state index contributed by atoms with van der Waals surface area (Å²) < 4.78 is 0. The molecule has 3 heteroatoms. The van der Waals surface area contributed by atoms with Gasteiger partial charge in [0, 0.05) is 17.8 Å². The monoisotopic (exact) mass is 222 g/mol. The summed E-state index contributed by atoms with van der Waals surface area (Å²) in [5, 5.41) is 3.37. The Morgan fingerprint density at radius 2 is 2.13 bits per heavy atom. The van der Waals surface area contributed by atoms with Crippen molar-refractivity contribution < 1.29 is 0 Å². The van der Waals surface area contributed by atoms with Crippen molar-refractivity contribution in [2.75, 3.05) is 11.9 Å². The van der Waals surface area contributed by atoms with Gasteiger partial charge in [0.15, 0.2) is 0 Å². The molecule has 0 bridgehead atoms. The summed E-state index contributed by atoms with van der Waals surface area (Å²) in [6.45, 7) is 7.33. The molecule has 0 unspecified atom stereocenters. The van der Waals surface area contributed by atoms with Crippen LogP contribution >= 0.6 is 12.2 Å². The average Bonchev–Trinajstić information content (AvgIpc) is 2.14. The van der Waals surface area contributed by atoms with Gasteiger partial charge in [-0.2, -0.15) is 0 Å². The minimum Gasteiger partial charge on any atom is -0.389 e. The molecule has 0 aliphatic rings. The molecule has 1 aromatic carbocycles. The standard InChI is InChI=1S/C12H18N2S/c1-8(2)7-14-11-6-9(3)4-5-10(11)12(13)15/h4-6,8,14H,7H2,1-3H3,(H2,13,15). The van der Waals surface area contributed by atoms with Gasteiger partial charge >= 0.3 is 0 Å². The molecule has 3 N–H and O–H groups in total. The number of aryl methyl sites for hydroxylation is 1. The Bertz CT molecular complexity index is 359. The highest BCUT2D eigenvalue weighted by molar-refractivity contribution is 7.80. The highest BCUT2D eigenvalue weighted by Crippen LogP contribution is 2.17. The molecule has 0 heterocycles. The van der Waals surface area contributed by atoms with Crippen molar-refractivity contribution in [3.05, 3.63) is 29.3 Å². The Morgan fingerprint density at radius 1 is 1.47 bits per heavy atom. The summed E-state index contributed by atoms with van der Waals surface area (Å²) in [6.07, 6.45) is 0. The van der Waals surface area contributed by atoms with Crippen LogP contribution in [0.25, 0.3) is 0 Å². The van der Waals surface area contributed by atoms with E-state index in [1.165, 1.54) is 5.56 Å². The van der Waals surface area contributed by atoms with E-state index >= 15 is 0 Å². The van der Waals surface area contributed by atoms with Crippen molar-refractivity contribution in [2.45, 2.75) is 20.8 Å². The fraction of sp³-hybridized carbons (Fsp3) is 0.417.